The molecule has 2 aromatic rings. The first-order chi connectivity index (χ1) is 12.7. The fourth-order valence-corrected chi connectivity index (χ4v) is 2.85. The minimum absolute atomic E-state index is 0.196. The van der Waals surface area contributed by atoms with Crippen LogP contribution in [-0.4, -0.2) is 30.1 Å². The minimum Gasteiger partial charge on any atom is -0.481 e. The second-order valence-electron chi connectivity index (χ2n) is 6.33. The van der Waals surface area contributed by atoms with Crippen molar-refractivity contribution in [2.45, 2.75) is 32.4 Å². The number of nitrogens with zero attached hydrogens (tertiary/aromatic N) is 3. The van der Waals surface area contributed by atoms with Gasteiger partial charge in [-0.3, -0.25) is 4.79 Å². The third kappa shape index (κ3) is 4.51. The summed E-state index contributed by atoms with van der Waals surface area (Å²) in [5, 5.41) is 11.7. The maximum Gasteiger partial charge on any atom is 0.261 e. The number of carbonyl (C=O) groups excluding carboxylic acids is 1. The first kappa shape index (κ1) is 17.7. The lowest BCUT2D eigenvalue weighted by Gasteiger charge is -2.17. The lowest BCUT2D eigenvalue weighted by atomic mass is 10.2. The fourth-order valence-electron chi connectivity index (χ4n) is 2.85. The SMILES string of the molecule is CC(Oc1ccc(C#N)cc1)C(=O)NCc1ccc(N2CCCC2)nc1. The van der Waals surface area contributed by atoms with Crippen molar-refractivity contribution in [1.29, 1.82) is 5.26 Å². The molecule has 6 nitrogen and oxygen atoms in total. The van der Waals surface area contributed by atoms with E-state index in [1.165, 1.54) is 12.8 Å². The van der Waals surface area contributed by atoms with Gasteiger partial charge in [-0.25, -0.2) is 4.98 Å². The molecule has 1 atom stereocenters. The van der Waals surface area contributed by atoms with E-state index in [-0.39, 0.29) is 5.91 Å². The third-order valence-electron chi connectivity index (χ3n) is 4.37. The van der Waals surface area contributed by atoms with Crippen LogP contribution in [0.2, 0.25) is 0 Å². The number of anilines is 1. The molecule has 1 amide bonds. The Morgan fingerprint density at radius 1 is 1.27 bits per heavy atom. The van der Waals surface area contributed by atoms with Crippen molar-refractivity contribution in [3.05, 3.63) is 53.7 Å². The molecule has 1 unspecified atom stereocenters. The van der Waals surface area contributed by atoms with Crippen LogP contribution in [0, 0.1) is 11.3 Å². The number of hydrogen-bond acceptors (Lipinski definition) is 5. The van der Waals surface area contributed by atoms with Gasteiger partial charge in [-0.05, 0) is 55.7 Å². The third-order valence-corrected chi connectivity index (χ3v) is 4.37. The number of carbonyl (C=O) groups is 1. The molecule has 0 aliphatic carbocycles. The number of ether oxygens (including phenoxy) is 1. The summed E-state index contributed by atoms with van der Waals surface area (Å²) in [6, 6.07) is 12.7. The van der Waals surface area contributed by atoms with Gasteiger partial charge in [0.2, 0.25) is 0 Å². The van der Waals surface area contributed by atoms with Gasteiger partial charge in [-0.15, -0.1) is 0 Å². The van der Waals surface area contributed by atoms with E-state index in [0.29, 0.717) is 17.9 Å². The number of hydrogen-bond donors (Lipinski definition) is 1. The summed E-state index contributed by atoms with van der Waals surface area (Å²) in [6.45, 7) is 4.23. The molecule has 1 saturated heterocycles. The maximum absolute atomic E-state index is 12.2. The molecule has 1 aliphatic heterocycles. The standard InChI is InChI=1S/C20H22N4O2/c1-15(26-18-7-4-16(12-21)5-8-18)20(25)23-14-17-6-9-19(22-13-17)24-10-2-3-11-24/h4-9,13,15H,2-3,10-11,14H2,1H3,(H,23,25). The summed E-state index contributed by atoms with van der Waals surface area (Å²) in [6.07, 6.45) is 3.62. The number of rotatable bonds is 6. The number of aromatic nitrogens is 1. The van der Waals surface area contributed by atoms with E-state index in [1.54, 1.807) is 37.4 Å². The van der Waals surface area contributed by atoms with Crippen LogP contribution in [-0.2, 0) is 11.3 Å². The molecule has 1 fully saturated rings. The second kappa shape index (κ2) is 8.34. The van der Waals surface area contributed by atoms with E-state index < -0.39 is 6.10 Å². The molecule has 2 heterocycles. The molecule has 26 heavy (non-hydrogen) atoms. The van der Waals surface area contributed by atoms with E-state index in [0.717, 1.165) is 24.5 Å². The average Bonchev–Trinajstić information content (AvgIpc) is 3.22. The van der Waals surface area contributed by atoms with E-state index in [9.17, 15) is 4.79 Å². The Hall–Kier alpha value is -3.07. The van der Waals surface area contributed by atoms with Crippen LogP contribution in [0.15, 0.2) is 42.6 Å². The second-order valence-corrected chi connectivity index (χ2v) is 6.33. The molecule has 0 spiro atoms. The van der Waals surface area contributed by atoms with Gasteiger partial charge in [0.25, 0.3) is 5.91 Å². The maximum atomic E-state index is 12.2. The predicted molar refractivity (Wildman–Crippen MR) is 98.8 cm³/mol. The van der Waals surface area contributed by atoms with Gasteiger partial charge < -0.3 is 15.0 Å². The molecular formula is C20H22N4O2. The average molecular weight is 350 g/mol. The Labute approximate surface area is 153 Å². The first-order valence-corrected chi connectivity index (χ1v) is 8.80. The molecule has 0 bridgehead atoms. The molecule has 6 heteroatoms. The van der Waals surface area contributed by atoms with E-state index in [4.69, 9.17) is 10.00 Å². The summed E-state index contributed by atoms with van der Waals surface area (Å²) >= 11 is 0. The molecule has 1 aromatic carbocycles. The molecule has 1 aliphatic rings. The number of benzene rings is 1. The van der Waals surface area contributed by atoms with Crippen molar-refractivity contribution in [3.63, 3.8) is 0 Å². The fraction of sp³-hybridized carbons (Fsp3) is 0.350. The number of pyridine rings is 1. The zero-order chi connectivity index (χ0) is 18.4. The van der Waals surface area contributed by atoms with Gasteiger partial charge in [0, 0.05) is 25.8 Å². The van der Waals surface area contributed by atoms with E-state index in [2.05, 4.69) is 15.2 Å². The van der Waals surface area contributed by atoms with Crippen molar-refractivity contribution < 1.29 is 9.53 Å². The van der Waals surface area contributed by atoms with Gasteiger partial charge in [0.15, 0.2) is 6.10 Å². The van der Waals surface area contributed by atoms with Crippen LogP contribution < -0.4 is 15.0 Å². The van der Waals surface area contributed by atoms with Crippen molar-refractivity contribution in [2.24, 2.45) is 0 Å². The Morgan fingerprint density at radius 2 is 2.00 bits per heavy atom. The Bertz CT molecular complexity index is 775. The van der Waals surface area contributed by atoms with Crippen LogP contribution in [0.5, 0.6) is 5.75 Å². The van der Waals surface area contributed by atoms with Gasteiger partial charge in [-0.1, -0.05) is 6.07 Å². The van der Waals surface area contributed by atoms with E-state index >= 15 is 0 Å². The minimum atomic E-state index is -0.625. The largest absolute Gasteiger partial charge is 0.481 e. The molecule has 1 aromatic heterocycles. The predicted octanol–water partition coefficient (Wildman–Crippen LogP) is 2.64. The Morgan fingerprint density at radius 3 is 2.62 bits per heavy atom. The highest BCUT2D eigenvalue weighted by atomic mass is 16.5. The topological polar surface area (TPSA) is 78.2 Å². The van der Waals surface area contributed by atoms with Gasteiger partial charge in [-0.2, -0.15) is 5.26 Å². The molecular weight excluding hydrogens is 328 g/mol. The van der Waals surface area contributed by atoms with Crippen LogP contribution >= 0.6 is 0 Å². The number of nitrogens with one attached hydrogen (secondary N) is 1. The van der Waals surface area contributed by atoms with Crippen molar-refractivity contribution in [3.8, 4) is 11.8 Å². The summed E-state index contributed by atoms with van der Waals surface area (Å²) in [4.78, 5) is 19.0. The summed E-state index contributed by atoms with van der Waals surface area (Å²) in [7, 11) is 0. The van der Waals surface area contributed by atoms with Gasteiger partial charge in [0.05, 0.1) is 11.6 Å². The van der Waals surface area contributed by atoms with E-state index in [1.807, 2.05) is 18.2 Å². The highest BCUT2D eigenvalue weighted by Crippen LogP contribution is 2.17. The highest BCUT2D eigenvalue weighted by molar-refractivity contribution is 5.80. The van der Waals surface area contributed by atoms with Gasteiger partial charge >= 0.3 is 0 Å². The van der Waals surface area contributed by atoms with Crippen molar-refractivity contribution in [2.75, 3.05) is 18.0 Å². The smallest absolute Gasteiger partial charge is 0.261 e. The summed E-state index contributed by atoms with van der Waals surface area (Å²) in [5.41, 5.74) is 1.51. The monoisotopic (exact) mass is 350 g/mol. The molecule has 0 radical (unpaired) electrons. The molecule has 0 saturated carbocycles. The molecule has 3 rings (SSSR count). The number of nitriles is 1. The van der Waals surface area contributed by atoms with Crippen LogP contribution in [0.1, 0.15) is 30.9 Å². The van der Waals surface area contributed by atoms with Crippen LogP contribution in [0.4, 0.5) is 5.82 Å². The zero-order valence-corrected chi connectivity index (χ0v) is 14.8. The van der Waals surface area contributed by atoms with Gasteiger partial charge in [0.1, 0.15) is 11.6 Å². The zero-order valence-electron chi connectivity index (χ0n) is 14.8. The molecule has 134 valence electrons. The van der Waals surface area contributed by atoms with Crippen molar-refractivity contribution >= 4 is 11.7 Å². The first-order valence-electron chi connectivity index (χ1n) is 8.80. The lowest BCUT2D eigenvalue weighted by Crippen LogP contribution is -2.35. The highest BCUT2D eigenvalue weighted by Gasteiger charge is 2.15. The number of amides is 1. The summed E-state index contributed by atoms with van der Waals surface area (Å²) in [5.74, 6) is 1.36. The molecule has 1 N–H and O–H groups in total. The van der Waals surface area contributed by atoms with Crippen LogP contribution in [0.3, 0.4) is 0 Å². The Kier molecular flexibility index (Phi) is 5.69. The summed E-state index contributed by atoms with van der Waals surface area (Å²) < 4.78 is 5.61. The van der Waals surface area contributed by atoms with Crippen molar-refractivity contribution in [1.82, 2.24) is 10.3 Å². The normalized spacial score (nSPS) is 14.5. The Balaban J connectivity index is 1.48. The quantitative estimate of drug-likeness (QED) is 0.866. The van der Waals surface area contributed by atoms with Crippen LogP contribution in [0.25, 0.3) is 0 Å². The lowest BCUT2D eigenvalue weighted by molar-refractivity contribution is -0.127.